The van der Waals surface area contributed by atoms with Crippen LogP contribution < -0.4 is 16.0 Å². The van der Waals surface area contributed by atoms with E-state index in [9.17, 15) is 4.79 Å². The zero-order valence-corrected chi connectivity index (χ0v) is 11.0. The fourth-order valence-corrected chi connectivity index (χ4v) is 2.37. The van der Waals surface area contributed by atoms with Crippen molar-refractivity contribution in [3.8, 4) is 0 Å². The molecule has 18 heavy (non-hydrogen) atoms. The van der Waals surface area contributed by atoms with Gasteiger partial charge in [0.1, 0.15) is 0 Å². The highest BCUT2D eigenvalue weighted by atomic mass is 16.1. The van der Waals surface area contributed by atoms with Crippen LogP contribution in [-0.2, 0) is 0 Å². The van der Waals surface area contributed by atoms with E-state index in [1.54, 1.807) is 7.05 Å². The van der Waals surface area contributed by atoms with Crippen LogP contribution in [0.5, 0.6) is 0 Å². The monoisotopic (exact) mass is 247 g/mol. The maximum atomic E-state index is 11.7. The van der Waals surface area contributed by atoms with Crippen LogP contribution in [0.4, 0.5) is 5.69 Å². The summed E-state index contributed by atoms with van der Waals surface area (Å²) < 4.78 is 0. The molecule has 3 N–H and O–H groups in total. The third-order valence-electron chi connectivity index (χ3n) is 3.46. The van der Waals surface area contributed by atoms with Gasteiger partial charge in [-0.05, 0) is 44.0 Å². The summed E-state index contributed by atoms with van der Waals surface area (Å²) in [6.07, 6.45) is 2.38. The quantitative estimate of drug-likeness (QED) is 0.759. The Labute approximate surface area is 108 Å². The third kappa shape index (κ3) is 2.82. The van der Waals surface area contributed by atoms with Crippen LogP contribution in [-0.4, -0.2) is 32.1 Å². The number of piperidine rings is 1. The molecule has 0 radical (unpaired) electrons. The molecule has 4 heteroatoms. The third-order valence-corrected chi connectivity index (χ3v) is 3.46. The van der Waals surface area contributed by atoms with Gasteiger partial charge in [-0.2, -0.15) is 0 Å². The predicted molar refractivity (Wildman–Crippen MR) is 74.1 cm³/mol. The van der Waals surface area contributed by atoms with Crippen molar-refractivity contribution < 1.29 is 4.79 Å². The molecule has 1 atom stereocenters. The molecule has 1 aromatic rings. The summed E-state index contributed by atoms with van der Waals surface area (Å²) in [6.45, 7) is 4.09. The second kappa shape index (κ2) is 5.87. The lowest BCUT2D eigenvalue weighted by atomic mass is 10.0. The molecule has 4 nitrogen and oxygen atoms in total. The average molecular weight is 247 g/mol. The van der Waals surface area contributed by atoms with Gasteiger partial charge in [0, 0.05) is 30.9 Å². The minimum atomic E-state index is -0.0297. The molecule has 0 bridgehead atoms. The average Bonchev–Trinajstić information content (AvgIpc) is 2.41. The number of hydrogen-bond acceptors (Lipinski definition) is 3. The van der Waals surface area contributed by atoms with Crippen molar-refractivity contribution in [1.29, 1.82) is 0 Å². The van der Waals surface area contributed by atoms with Crippen molar-refractivity contribution in [2.24, 2.45) is 0 Å². The molecule has 1 saturated heterocycles. The molecule has 1 aromatic carbocycles. The minimum absolute atomic E-state index is 0.0297. The molecule has 1 heterocycles. The van der Waals surface area contributed by atoms with Crippen molar-refractivity contribution >= 4 is 11.6 Å². The molecular weight excluding hydrogens is 226 g/mol. The summed E-state index contributed by atoms with van der Waals surface area (Å²) in [5.41, 5.74) is 2.82. The fraction of sp³-hybridized carbons (Fsp3) is 0.500. The molecule has 1 aliphatic rings. The van der Waals surface area contributed by atoms with E-state index < -0.39 is 0 Å². The predicted octanol–water partition coefficient (Wildman–Crippen LogP) is 1.52. The molecule has 2 rings (SSSR count). The number of carbonyl (C=O) groups is 1. The molecule has 1 fully saturated rings. The van der Waals surface area contributed by atoms with Crippen molar-refractivity contribution in [3.63, 3.8) is 0 Å². The Balaban J connectivity index is 2.15. The molecule has 1 aliphatic heterocycles. The van der Waals surface area contributed by atoms with Crippen LogP contribution in [0, 0.1) is 6.92 Å². The van der Waals surface area contributed by atoms with Crippen molar-refractivity contribution in [2.75, 3.05) is 25.5 Å². The molecule has 0 aromatic heterocycles. The van der Waals surface area contributed by atoms with Gasteiger partial charge in [-0.15, -0.1) is 0 Å². The Morgan fingerprint density at radius 2 is 2.28 bits per heavy atom. The van der Waals surface area contributed by atoms with E-state index in [-0.39, 0.29) is 5.91 Å². The van der Waals surface area contributed by atoms with Gasteiger partial charge < -0.3 is 16.0 Å². The SMILES string of the molecule is CNC(=O)c1cccc(NC2CCCNC2)c1C. The normalized spacial score (nSPS) is 19.3. The van der Waals surface area contributed by atoms with Crippen molar-refractivity contribution in [3.05, 3.63) is 29.3 Å². The number of nitrogens with one attached hydrogen (secondary N) is 3. The number of carbonyl (C=O) groups excluding carboxylic acids is 1. The maximum Gasteiger partial charge on any atom is 0.251 e. The lowest BCUT2D eigenvalue weighted by molar-refractivity contribution is 0.0962. The fourth-order valence-electron chi connectivity index (χ4n) is 2.37. The topological polar surface area (TPSA) is 53.2 Å². The standard InChI is InChI=1S/C14H21N3O/c1-10-12(14(18)15-2)6-3-7-13(10)17-11-5-4-8-16-9-11/h3,6-7,11,16-17H,4-5,8-9H2,1-2H3,(H,15,18). The smallest absolute Gasteiger partial charge is 0.251 e. The second-order valence-corrected chi connectivity index (χ2v) is 4.74. The van der Waals surface area contributed by atoms with E-state index in [0.717, 1.165) is 29.9 Å². The largest absolute Gasteiger partial charge is 0.381 e. The molecule has 0 spiro atoms. The van der Waals surface area contributed by atoms with Gasteiger partial charge in [0.05, 0.1) is 0 Å². The van der Waals surface area contributed by atoms with E-state index in [4.69, 9.17) is 0 Å². The second-order valence-electron chi connectivity index (χ2n) is 4.74. The summed E-state index contributed by atoms with van der Waals surface area (Å²) in [5, 5.41) is 9.58. The number of hydrogen-bond donors (Lipinski definition) is 3. The van der Waals surface area contributed by atoms with Crippen molar-refractivity contribution in [2.45, 2.75) is 25.8 Å². The Kier molecular flexibility index (Phi) is 4.20. The van der Waals surface area contributed by atoms with Gasteiger partial charge >= 0.3 is 0 Å². The van der Waals surface area contributed by atoms with Gasteiger partial charge in [0.2, 0.25) is 0 Å². The molecule has 1 amide bonds. The summed E-state index contributed by atoms with van der Waals surface area (Å²) >= 11 is 0. The van der Waals surface area contributed by atoms with Crippen LogP contribution in [0.2, 0.25) is 0 Å². The first-order chi connectivity index (χ1) is 8.72. The number of rotatable bonds is 3. The lowest BCUT2D eigenvalue weighted by Crippen LogP contribution is -2.38. The summed E-state index contributed by atoms with van der Waals surface area (Å²) in [7, 11) is 1.66. The van der Waals surface area contributed by atoms with E-state index >= 15 is 0 Å². The lowest BCUT2D eigenvalue weighted by Gasteiger charge is -2.26. The van der Waals surface area contributed by atoms with Crippen LogP contribution in [0.3, 0.4) is 0 Å². The van der Waals surface area contributed by atoms with Gasteiger partial charge in [-0.1, -0.05) is 6.07 Å². The van der Waals surface area contributed by atoms with Crippen LogP contribution in [0.25, 0.3) is 0 Å². The summed E-state index contributed by atoms with van der Waals surface area (Å²) in [5.74, 6) is -0.0297. The summed E-state index contributed by atoms with van der Waals surface area (Å²) in [4.78, 5) is 11.7. The van der Waals surface area contributed by atoms with Gasteiger partial charge in [0.15, 0.2) is 0 Å². The molecule has 0 saturated carbocycles. The molecular formula is C14H21N3O. The first kappa shape index (κ1) is 12.9. The van der Waals surface area contributed by atoms with Crippen molar-refractivity contribution in [1.82, 2.24) is 10.6 Å². The maximum absolute atomic E-state index is 11.7. The highest BCUT2D eigenvalue weighted by Gasteiger charge is 2.15. The number of anilines is 1. The Morgan fingerprint density at radius 1 is 1.44 bits per heavy atom. The molecule has 1 unspecified atom stereocenters. The first-order valence-electron chi connectivity index (χ1n) is 6.51. The van der Waals surface area contributed by atoms with E-state index in [0.29, 0.717) is 6.04 Å². The van der Waals surface area contributed by atoms with Gasteiger partial charge in [-0.25, -0.2) is 0 Å². The Bertz CT molecular complexity index is 425. The highest BCUT2D eigenvalue weighted by Crippen LogP contribution is 2.21. The van der Waals surface area contributed by atoms with Gasteiger partial charge in [0.25, 0.3) is 5.91 Å². The first-order valence-corrected chi connectivity index (χ1v) is 6.51. The minimum Gasteiger partial charge on any atom is -0.381 e. The van der Waals surface area contributed by atoms with Crippen LogP contribution in [0.15, 0.2) is 18.2 Å². The Morgan fingerprint density at radius 3 is 2.94 bits per heavy atom. The molecule has 0 aliphatic carbocycles. The van der Waals surface area contributed by atoms with Crippen LogP contribution in [0.1, 0.15) is 28.8 Å². The zero-order chi connectivity index (χ0) is 13.0. The van der Waals surface area contributed by atoms with Gasteiger partial charge in [-0.3, -0.25) is 4.79 Å². The van der Waals surface area contributed by atoms with Crippen LogP contribution >= 0.6 is 0 Å². The zero-order valence-electron chi connectivity index (χ0n) is 11.0. The highest BCUT2D eigenvalue weighted by molar-refractivity contribution is 5.96. The molecule has 98 valence electrons. The number of amides is 1. The Hall–Kier alpha value is -1.55. The van der Waals surface area contributed by atoms with E-state index in [1.165, 1.54) is 12.8 Å². The van der Waals surface area contributed by atoms with E-state index in [1.807, 2.05) is 25.1 Å². The number of benzene rings is 1. The van der Waals surface area contributed by atoms with E-state index in [2.05, 4.69) is 16.0 Å². The summed E-state index contributed by atoms with van der Waals surface area (Å²) in [6, 6.07) is 6.28.